The van der Waals surface area contributed by atoms with Crippen molar-refractivity contribution in [2.75, 3.05) is 20.2 Å². The topological polar surface area (TPSA) is 75.7 Å². The van der Waals surface area contributed by atoms with Crippen molar-refractivity contribution in [3.05, 3.63) is 57.9 Å². The molecule has 0 spiro atoms. The minimum Gasteiger partial charge on any atom is -0.466 e. The molecule has 0 aromatic heterocycles. The standard InChI is InChI=1S/C21H22N2O4/c1-12-6-3-4-7-13(12)16-17-14(8-5-9-15(17)24)23-11-10-22-20(25)19(23)18(16)21(26)27-2/h3-4,6-7,16H,5,8-11H2,1-2H3,(H,22,25)/t16-/m0/s1. The summed E-state index contributed by atoms with van der Waals surface area (Å²) in [5.41, 5.74) is 3.96. The molecule has 0 saturated carbocycles. The number of hydrogen-bond donors (Lipinski definition) is 1. The molecule has 27 heavy (non-hydrogen) atoms. The highest BCUT2D eigenvalue weighted by Crippen LogP contribution is 2.47. The van der Waals surface area contributed by atoms with E-state index in [4.69, 9.17) is 4.74 Å². The van der Waals surface area contributed by atoms with Crippen LogP contribution in [-0.4, -0.2) is 42.8 Å². The molecule has 0 bridgehead atoms. The van der Waals surface area contributed by atoms with Crippen molar-refractivity contribution in [1.82, 2.24) is 10.2 Å². The van der Waals surface area contributed by atoms with E-state index < -0.39 is 11.9 Å². The summed E-state index contributed by atoms with van der Waals surface area (Å²) in [5.74, 6) is -1.37. The van der Waals surface area contributed by atoms with E-state index in [-0.39, 0.29) is 17.3 Å². The van der Waals surface area contributed by atoms with Gasteiger partial charge in [0.05, 0.1) is 12.7 Å². The van der Waals surface area contributed by atoms with E-state index in [1.165, 1.54) is 7.11 Å². The number of Topliss-reactive ketones (excluding diaryl/α,β-unsaturated/α-hetero) is 1. The molecule has 1 saturated heterocycles. The lowest BCUT2D eigenvalue weighted by atomic mass is 9.73. The number of fused-ring (bicyclic) bond motifs is 2. The highest BCUT2D eigenvalue weighted by atomic mass is 16.5. The molecule has 1 aromatic carbocycles. The Bertz CT molecular complexity index is 913. The lowest BCUT2D eigenvalue weighted by Gasteiger charge is -2.43. The number of ketones is 1. The van der Waals surface area contributed by atoms with E-state index >= 15 is 0 Å². The SMILES string of the molecule is COC(=O)C1=C2C(=O)NCCN2C2=C(C(=O)CCC2)[C@@H]1c1ccccc1C. The fourth-order valence-corrected chi connectivity index (χ4v) is 4.42. The largest absolute Gasteiger partial charge is 0.466 e. The van der Waals surface area contributed by atoms with Gasteiger partial charge in [0.2, 0.25) is 0 Å². The van der Waals surface area contributed by atoms with Crippen molar-refractivity contribution in [3.8, 4) is 0 Å². The molecular formula is C21H22N2O4. The van der Waals surface area contributed by atoms with Gasteiger partial charge in [-0.05, 0) is 30.9 Å². The fourth-order valence-electron chi connectivity index (χ4n) is 4.42. The average Bonchev–Trinajstić information content (AvgIpc) is 2.67. The van der Waals surface area contributed by atoms with Crippen LogP contribution in [-0.2, 0) is 19.1 Å². The number of allylic oxidation sites excluding steroid dienone is 2. The van der Waals surface area contributed by atoms with Crippen molar-refractivity contribution in [3.63, 3.8) is 0 Å². The summed E-state index contributed by atoms with van der Waals surface area (Å²) in [6, 6.07) is 7.69. The van der Waals surface area contributed by atoms with Gasteiger partial charge in [-0.1, -0.05) is 24.3 Å². The zero-order valence-electron chi connectivity index (χ0n) is 15.5. The van der Waals surface area contributed by atoms with Gasteiger partial charge < -0.3 is 15.0 Å². The average molecular weight is 366 g/mol. The van der Waals surface area contributed by atoms with Gasteiger partial charge in [0.25, 0.3) is 5.91 Å². The first kappa shape index (κ1) is 17.5. The molecule has 140 valence electrons. The number of nitrogens with one attached hydrogen (secondary N) is 1. The van der Waals surface area contributed by atoms with Gasteiger partial charge in [0.15, 0.2) is 5.78 Å². The number of amides is 1. The van der Waals surface area contributed by atoms with E-state index in [0.29, 0.717) is 30.8 Å². The maximum Gasteiger partial charge on any atom is 0.337 e. The number of carbonyl (C=O) groups excluding carboxylic acids is 3. The maximum atomic E-state index is 13.0. The Labute approximate surface area is 157 Å². The van der Waals surface area contributed by atoms with Gasteiger partial charge in [-0.3, -0.25) is 9.59 Å². The van der Waals surface area contributed by atoms with Gasteiger partial charge in [0.1, 0.15) is 5.70 Å². The van der Waals surface area contributed by atoms with Crippen molar-refractivity contribution >= 4 is 17.7 Å². The monoisotopic (exact) mass is 366 g/mol. The lowest BCUT2D eigenvalue weighted by molar-refractivity contribution is -0.137. The summed E-state index contributed by atoms with van der Waals surface area (Å²) in [4.78, 5) is 40.4. The number of ether oxygens (including phenoxy) is 1. The Kier molecular flexibility index (Phi) is 4.34. The number of methoxy groups -OCH3 is 1. The second-order valence-electron chi connectivity index (χ2n) is 7.09. The van der Waals surface area contributed by atoms with Crippen LogP contribution in [0.25, 0.3) is 0 Å². The molecule has 2 aliphatic heterocycles. The molecule has 0 unspecified atom stereocenters. The van der Waals surface area contributed by atoms with Crippen molar-refractivity contribution in [2.24, 2.45) is 0 Å². The van der Waals surface area contributed by atoms with Crippen LogP contribution in [0, 0.1) is 6.92 Å². The first-order valence-electron chi connectivity index (χ1n) is 9.24. The number of rotatable bonds is 2. The minimum atomic E-state index is -0.573. The predicted molar refractivity (Wildman–Crippen MR) is 98.6 cm³/mol. The molecule has 1 aromatic rings. The molecule has 1 amide bonds. The number of aryl methyl sites for hydroxylation is 1. The van der Waals surface area contributed by atoms with Crippen LogP contribution >= 0.6 is 0 Å². The van der Waals surface area contributed by atoms with E-state index in [9.17, 15) is 14.4 Å². The normalized spacial score (nSPS) is 22.3. The maximum absolute atomic E-state index is 13.0. The summed E-state index contributed by atoms with van der Waals surface area (Å²) < 4.78 is 5.06. The summed E-state index contributed by atoms with van der Waals surface area (Å²) >= 11 is 0. The van der Waals surface area contributed by atoms with Crippen LogP contribution in [0.1, 0.15) is 36.3 Å². The first-order chi connectivity index (χ1) is 13.0. The third-order valence-electron chi connectivity index (χ3n) is 5.60. The fraction of sp³-hybridized carbons (Fsp3) is 0.381. The zero-order valence-corrected chi connectivity index (χ0v) is 15.5. The highest BCUT2D eigenvalue weighted by Gasteiger charge is 2.46. The second kappa shape index (κ2) is 6.68. The summed E-state index contributed by atoms with van der Waals surface area (Å²) in [6.45, 7) is 2.99. The van der Waals surface area contributed by atoms with E-state index in [1.54, 1.807) is 0 Å². The van der Waals surface area contributed by atoms with Crippen LogP contribution in [0.2, 0.25) is 0 Å². The minimum absolute atomic E-state index is 0.0518. The molecule has 1 atom stereocenters. The molecule has 1 fully saturated rings. The number of benzene rings is 1. The van der Waals surface area contributed by atoms with Crippen molar-refractivity contribution in [1.29, 1.82) is 0 Å². The molecule has 6 heteroatoms. The van der Waals surface area contributed by atoms with Crippen LogP contribution < -0.4 is 5.32 Å². The quantitative estimate of drug-likeness (QED) is 0.810. The molecule has 0 radical (unpaired) electrons. The number of piperazine rings is 1. The first-order valence-corrected chi connectivity index (χ1v) is 9.24. The number of esters is 1. The molecule has 3 aliphatic rings. The van der Waals surface area contributed by atoms with Crippen LogP contribution in [0.3, 0.4) is 0 Å². The molecule has 4 rings (SSSR count). The number of nitrogens with zero attached hydrogens (tertiary/aromatic N) is 1. The van der Waals surface area contributed by atoms with Gasteiger partial charge in [0, 0.05) is 36.7 Å². The third-order valence-corrected chi connectivity index (χ3v) is 5.60. The number of hydrogen-bond acceptors (Lipinski definition) is 5. The van der Waals surface area contributed by atoms with Gasteiger partial charge in [-0.25, -0.2) is 4.79 Å². The highest BCUT2D eigenvalue weighted by molar-refractivity contribution is 6.09. The van der Waals surface area contributed by atoms with Crippen LogP contribution in [0.15, 0.2) is 46.8 Å². The summed E-state index contributed by atoms with van der Waals surface area (Å²) in [7, 11) is 1.31. The smallest absolute Gasteiger partial charge is 0.337 e. The van der Waals surface area contributed by atoms with E-state index in [0.717, 1.165) is 29.7 Å². The molecular weight excluding hydrogens is 344 g/mol. The summed E-state index contributed by atoms with van der Waals surface area (Å²) in [6.07, 6.45) is 1.96. The Hall–Kier alpha value is -2.89. The van der Waals surface area contributed by atoms with Crippen molar-refractivity contribution in [2.45, 2.75) is 32.1 Å². The molecule has 1 aliphatic carbocycles. The van der Waals surface area contributed by atoms with E-state index in [2.05, 4.69) is 5.32 Å². The third kappa shape index (κ3) is 2.67. The molecule has 2 heterocycles. The van der Waals surface area contributed by atoms with Crippen molar-refractivity contribution < 1.29 is 19.1 Å². The van der Waals surface area contributed by atoms with Gasteiger partial charge in [-0.2, -0.15) is 0 Å². The van der Waals surface area contributed by atoms with Crippen LogP contribution in [0.5, 0.6) is 0 Å². The Morgan fingerprint density at radius 3 is 2.74 bits per heavy atom. The van der Waals surface area contributed by atoms with Crippen LogP contribution in [0.4, 0.5) is 0 Å². The predicted octanol–water partition coefficient (Wildman–Crippen LogP) is 1.96. The summed E-state index contributed by atoms with van der Waals surface area (Å²) in [5, 5.41) is 2.83. The second-order valence-corrected chi connectivity index (χ2v) is 7.09. The number of carbonyl (C=O) groups is 3. The molecule has 6 nitrogen and oxygen atoms in total. The Balaban J connectivity index is 2.04. The zero-order chi connectivity index (χ0) is 19.1. The van der Waals surface area contributed by atoms with Gasteiger partial charge >= 0.3 is 5.97 Å². The Morgan fingerprint density at radius 1 is 1.22 bits per heavy atom. The Morgan fingerprint density at radius 2 is 2.00 bits per heavy atom. The lowest BCUT2D eigenvalue weighted by Crippen LogP contribution is -2.50. The molecule has 1 N–H and O–H groups in total. The van der Waals surface area contributed by atoms with E-state index in [1.807, 2.05) is 36.1 Å². The van der Waals surface area contributed by atoms with Gasteiger partial charge in [-0.15, -0.1) is 0 Å².